The van der Waals surface area contributed by atoms with Crippen molar-refractivity contribution in [1.82, 2.24) is 0 Å². The van der Waals surface area contributed by atoms with Crippen LogP contribution in [0.3, 0.4) is 0 Å². The van der Waals surface area contributed by atoms with Crippen LogP contribution >= 0.6 is 0 Å². The van der Waals surface area contributed by atoms with Gasteiger partial charge in [0.05, 0.1) is 5.41 Å². The van der Waals surface area contributed by atoms with Crippen LogP contribution in [0.5, 0.6) is 0 Å². The second-order valence-electron chi connectivity index (χ2n) is 10.5. The van der Waals surface area contributed by atoms with Crippen molar-refractivity contribution in [3.8, 4) is 0 Å². The molecule has 2 aromatic carbocycles. The van der Waals surface area contributed by atoms with Gasteiger partial charge in [0.2, 0.25) is 11.8 Å². The van der Waals surface area contributed by atoms with Gasteiger partial charge in [-0.1, -0.05) is 87.1 Å². The lowest BCUT2D eigenvalue weighted by Crippen LogP contribution is -2.42. The predicted octanol–water partition coefficient (Wildman–Crippen LogP) is 6.21. The van der Waals surface area contributed by atoms with E-state index in [-0.39, 0.29) is 18.2 Å². The Balaban J connectivity index is 1.67. The molecule has 34 heavy (non-hydrogen) atoms. The molecule has 0 atom stereocenters. The van der Waals surface area contributed by atoms with Crippen LogP contribution in [-0.2, 0) is 15.0 Å². The maximum Gasteiger partial charge on any atom is 0.232 e. The van der Waals surface area contributed by atoms with Crippen molar-refractivity contribution >= 4 is 11.8 Å². The summed E-state index contributed by atoms with van der Waals surface area (Å²) < 4.78 is 0. The summed E-state index contributed by atoms with van der Waals surface area (Å²) in [5.41, 5.74) is 15.1. The fourth-order valence-corrected chi connectivity index (χ4v) is 6.34. The van der Waals surface area contributed by atoms with Gasteiger partial charge in [-0.05, 0) is 72.6 Å². The molecule has 2 aliphatic carbocycles. The van der Waals surface area contributed by atoms with Gasteiger partial charge in [0.15, 0.2) is 0 Å². The number of carbonyl (C=O) groups is 2. The van der Waals surface area contributed by atoms with Crippen LogP contribution in [0.15, 0.2) is 48.5 Å². The summed E-state index contributed by atoms with van der Waals surface area (Å²) in [5.74, 6) is 0.497. The number of hydrogen-bond donors (Lipinski definition) is 2. The largest absolute Gasteiger partial charge is 0.370 e. The minimum Gasteiger partial charge on any atom is -0.370 e. The summed E-state index contributed by atoms with van der Waals surface area (Å²) in [4.78, 5) is 24.7. The van der Waals surface area contributed by atoms with E-state index in [0.29, 0.717) is 24.7 Å². The van der Waals surface area contributed by atoms with E-state index in [1.54, 1.807) is 0 Å². The highest BCUT2D eigenvalue weighted by Gasteiger charge is 2.40. The van der Waals surface area contributed by atoms with Crippen molar-refractivity contribution in [2.75, 3.05) is 0 Å². The molecule has 2 aliphatic rings. The third kappa shape index (κ3) is 5.37. The first-order chi connectivity index (χ1) is 16.5. The second-order valence-corrected chi connectivity index (χ2v) is 10.5. The summed E-state index contributed by atoms with van der Waals surface area (Å²) in [7, 11) is 0. The van der Waals surface area contributed by atoms with Crippen molar-refractivity contribution in [3.05, 3.63) is 70.8 Å². The average molecular weight is 461 g/mol. The van der Waals surface area contributed by atoms with Gasteiger partial charge < -0.3 is 11.5 Å². The third-order valence-corrected chi connectivity index (χ3v) is 8.36. The standard InChI is InChI=1S/C30H40N2O2/c31-28(33)12-7-21-30(29(32)34,26-17-13-24(14-18-26)22-8-3-1-4-9-22)27-19-15-25(16-20-27)23-10-5-2-6-11-23/h13-20,22-23H,1-12,21H2,(H2,31,33)(H2,32,34). The van der Waals surface area contributed by atoms with Gasteiger partial charge in [0, 0.05) is 6.42 Å². The molecule has 182 valence electrons. The molecule has 2 fully saturated rings. The lowest BCUT2D eigenvalue weighted by atomic mass is 9.69. The molecule has 2 amide bonds. The fourth-order valence-electron chi connectivity index (χ4n) is 6.34. The summed E-state index contributed by atoms with van der Waals surface area (Å²) in [5, 5.41) is 0. The van der Waals surface area contributed by atoms with E-state index in [2.05, 4.69) is 48.5 Å². The Morgan fingerprint density at radius 3 is 1.44 bits per heavy atom. The summed E-state index contributed by atoms with van der Waals surface area (Å²) in [6.07, 6.45) is 14.0. The SMILES string of the molecule is NC(=O)CCCC(C(N)=O)(c1ccc(C2CCCCC2)cc1)c1ccc(C2CCCCC2)cc1. The van der Waals surface area contributed by atoms with E-state index in [1.807, 2.05) is 0 Å². The highest BCUT2D eigenvalue weighted by Crippen LogP contribution is 2.40. The first-order valence-electron chi connectivity index (χ1n) is 13.3. The topological polar surface area (TPSA) is 86.2 Å². The zero-order valence-electron chi connectivity index (χ0n) is 20.4. The number of primary amides is 2. The molecule has 0 spiro atoms. The van der Waals surface area contributed by atoms with Gasteiger partial charge in [-0.15, -0.1) is 0 Å². The number of nitrogens with two attached hydrogens (primary N) is 2. The molecule has 0 radical (unpaired) electrons. The number of amides is 2. The fraction of sp³-hybridized carbons (Fsp3) is 0.533. The summed E-state index contributed by atoms with van der Waals surface area (Å²) >= 11 is 0. The molecule has 0 aromatic heterocycles. The number of rotatable bonds is 9. The highest BCUT2D eigenvalue weighted by molar-refractivity contribution is 5.91. The van der Waals surface area contributed by atoms with Crippen molar-refractivity contribution < 1.29 is 9.59 Å². The molecule has 4 nitrogen and oxygen atoms in total. The van der Waals surface area contributed by atoms with E-state index < -0.39 is 5.41 Å². The van der Waals surface area contributed by atoms with E-state index >= 15 is 0 Å². The Bertz CT molecular complexity index is 891. The zero-order valence-corrected chi connectivity index (χ0v) is 20.4. The van der Waals surface area contributed by atoms with E-state index in [1.165, 1.54) is 75.3 Å². The highest BCUT2D eigenvalue weighted by atomic mass is 16.1. The molecule has 4 rings (SSSR count). The number of hydrogen-bond acceptors (Lipinski definition) is 2. The molecular formula is C30H40N2O2. The lowest BCUT2D eigenvalue weighted by molar-refractivity contribution is -0.123. The maximum atomic E-state index is 13.2. The third-order valence-electron chi connectivity index (χ3n) is 8.36. The second kappa shape index (κ2) is 11.2. The van der Waals surface area contributed by atoms with Crippen LogP contribution in [0, 0.1) is 0 Å². The zero-order chi connectivity index (χ0) is 24.0. The normalized spacial score (nSPS) is 18.0. The Labute approximate surface area is 204 Å². The van der Waals surface area contributed by atoms with Crippen LogP contribution in [0.1, 0.15) is 118 Å². The summed E-state index contributed by atoms with van der Waals surface area (Å²) in [6.45, 7) is 0. The van der Waals surface area contributed by atoms with Crippen molar-refractivity contribution in [1.29, 1.82) is 0 Å². The molecule has 4 heteroatoms. The first kappa shape index (κ1) is 24.5. The quantitative estimate of drug-likeness (QED) is 0.466. The van der Waals surface area contributed by atoms with Gasteiger partial charge >= 0.3 is 0 Å². The van der Waals surface area contributed by atoms with Crippen LogP contribution in [0.2, 0.25) is 0 Å². The van der Waals surface area contributed by atoms with Gasteiger partial charge in [0.1, 0.15) is 0 Å². The Morgan fingerprint density at radius 2 is 1.09 bits per heavy atom. The van der Waals surface area contributed by atoms with Gasteiger partial charge in [-0.25, -0.2) is 0 Å². The minimum atomic E-state index is -0.967. The minimum absolute atomic E-state index is 0.245. The Morgan fingerprint density at radius 1 is 0.676 bits per heavy atom. The molecule has 0 bridgehead atoms. The van der Waals surface area contributed by atoms with Crippen LogP contribution < -0.4 is 11.5 Å². The maximum absolute atomic E-state index is 13.2. The molecule has 0 unspecified atom stereocenters. The van der Waals surface area contributed by atoms with Crippen molar-refractivity contribution in [2.24, 2.45) is 11.5 Å². The van der Waals surface area contributed by atoms with Crippen molar-refractivity contribution in [3.63, 3.8) is 0 Å². The smallest absolute Gasteiger partial charge is 0.232 e. The molecular weight excluding hydrogens is 420 g/mol. The molecule has 0 aliphatic heterocycles. The number of carbonyl (C=O) groups excluding carboxylic acids is 2. The van der Waals surface area contributed by atoms with Crippen LogP contribution in [-0.4, -0.2) is 11.8 Å². The summed E-state index contributed by atoms with van der Waals surface area (Å²) in [6, 6.07) is 17.1. The molecule has 0 saturated heterocycles. The van der Waals surface area contributed by atoms with Crippen LogP contribution in [0.25, 0.3) is 0 Å². The molecule has 4 N–H and O–H groups in total. The van der Waals surface area contributed by atoms with Gasteiger partial charge in [-0.2, -0.15) is 0 Å². The van der Waals surface area contributed by atoms with E-state index in [0.717, 1.165) is 11.1 Å². The molecule has 2 aromatic rings. The van der Waals surface area contributed by atoms with E-state index in [4.69, 9.17) is 11.5 Å². The Hall–Kier alpha value is -2.62. The number of benzene rings is 2. The molecule has 0 heterocycles. The van der Waals surface area contributed by atoms with Gasteiger partial charge in [0.25, 0.3) is 0 Å². The lowest BCUT2D eigenvalue weighted by Gasteiger charge is -2.33. The first-order valence-corrected chi connectivity index (χ1v) is 13.3. The van der Waals surface area contributed by atoms with Gasteiger partial charge in [-0.3, -0.25) is 9.59 Å². The van der Waals surface area contributed by atoms with Crippen molar-refractivity contribution in [2.45, 2.75) is 101 Å². The predicted molar refractivity (Wildman–Crippen MR) is 138 cm³/mol. The van der Waals surface area contributed by atoms with E-state index in [9.17, 15) is 9.59 Å². The monoisotopic (exact) mass is 460 g/mol. The van der Waals surface area contributed by atoms with Crippen LogP contribution in [0.4, 0.5) is 0 Å². The molecule has 2 saturated carbocycles. The Kier molecular flexibility index (Phi) is 8.07. The average Bonchev–Trinajstić information content (AvgIpc) is 2.88.